The summed E-state index contributed by atoms with van der Waals surface area (Å²) in [6.45, 7) is 11.1. The molecule has 0 aliphatic carbocycles. The van der Waals surface area contributed by atoms with Crippen LogP contribution in [0.15, 0.2) is 36.7 Å². The molecule has 1 rings (SSSR count). The fourth-order valence-corrected chi connectivity index (χ4v) is 1.65. The molecule has 1 heterocycles. The van der Waals surface area contributed by atoms with Gasteiger partial charge >= 0.3 is 0 Å². The van der Waals surface area contributed by atoms with Crippen LogP contribution in [0.3, 0.4) is 0 Å². The zero-order chi connectivity index (χ0) is 12.7. The highest BCUT2D eigenvalue weighted by Crippen LogP contribution is 2.02. The summed E-state index contributed by atoms with van der Waals surface area (Å²) >= 11 is 0. The molecule has 0 saturated heterocycles. The van der Waals surface area contributed by atoms with Crippen LogP contribution in [0.4, 0.5) is 0 Å². The molecule has 0 amide bonds. The van der Waals surface area contributed by atoms with Gasteiger partial charge in [0.1, 0.15) is 0 Å². The molecule has 0 bridgehead atoms. The van der Waals surface area contributed by atoms with Gasteiger partial charge in [-0.15, -0.1) is 0 Å². The van der Waals surface area contributed by atoms with E-state index in [9.17, 15) is 0 Å². The van der Waals surface area contributed by atoms with Crippen LogP contribution in [0, 0.1) is 0 Å². The molecule has 1 N–H and O–H groups in total. The summed E-state index contributed by atoms with van der Waals surface area (Å²) in [5, 5.41) is 3.38. The molecule has 0 unspecified atom stereocenters. The van der Waals surface area contributed by atoms with Gasteiger partial charge in [0, 0.05) is 38.1 Å². The maximum absolute atomic E-state index is 4.11. The Hall–Kier alpha value is -1.19. The Balaban J connectivity index is 2.29. The van der Waals surface area contributed by atoms with Crippen molar-refractivity contribution in [3.05, 3.63) is 42.2 Å². The van der Waals surface area contributed by atoms with Crippen molar-refractivity contribution in [2.45, 2.75) is 26.4 Å². The molecule has 0 saturated carbocycles. The van der Waals surface area contributed by atoms with E-state index in [2.05, 4.69) is 48.7 Å². The van der Waals surface area contributed by atoms with E-state index in [1.54, 1.807) is 6.20 Å². The Morgan fingerprint density at radius 3 is 2.88 bits per heavy atom. The van der Waals surface area contributed by atoms with Crippen LogP contribution in [-0.2, 0) is 6.54 Å². The average Bonchev–Trinajstić information content (AvgIpc) is 2.27. The average molecular weight is 233 g/mol. The number of nitrogens with one attached hydrogen (secondary N) is 1. The summed E-state index contributed by atoms with van der Waals surface area (Å²) in [5.74, 6) is 0. The Labute approximate surface area is 105 Å². The molecule has 0 radical (unpaired) electrons. The van der Waals surface area contributed by atoms with Gasteiger partial charge in [-0.2, -0.15) is 0 Å². The maximum Gasteiger partial charge on any atom is 0.0312 e. The molecule has 1 aromatic rings. The van der Waals surface area contributed by atoms with E-state index in [1.165, 1.54) is 11.1 Å². The minimum atomic E-state index is 0.510. The molecule has 0 atom stereocenters. The normalized spacial score (nSPS) is 11.1. The van der Waals surface area contributed by atoms with E-state index in [-0.39, 0.29) is 0 Å². The van der Waals surface area contributed by atoms with Gasteiger partial charge in [0.25, 0.3) is 0 Å². The third kappa shape index (κ3) is 6.19. The van der Waals surface area contributed by atoms with Crippen LogP contribution in [0.5, 0.6) is 0 Å². The molecule has 17 heavy (non-hydrogen) atoms. The monoisotopic (exact) mass is 233 g/mol. The summed E-state index contributed by atoms with van der Waals surface area (Å²) in [6.07, 6.45) is 3.71. The van der Waals surface area contributed by atoms with E-state index in [0.29, 0.717) is 6.04 Å². The molecule has 94 valence electrons. The highest BCUT2D eigenvalue weighted by atomic mass is 15.1. The number of hydrogen-bond acceptors (Lipinski definition) is 3. The van der Waals surface area contributed by atoms with Gasteiger partial charge in [-0.1, -0.05) is 26.5 Å². The molecule has 0 aromatic carbocycles. The lowest BCUT2D eigenvalue weighted by molar-refractivity contribution is 0.351. The molecule has 3 heteroatoms. The van der Waals surface area contributed by atoms with Crippen molar-refractivity contribution < 1.29 is 0 Å². The highest BCUT2D eigenvalue weighted by Gasteiger charge is 2.03. The van der Waals surface area contributed by atoms with E-state index < -0.39 is 0 Å². The van der Waals surface area contributed by atoms with Crippen LogP contribution < -0.4 is 5.32 Å². The summed E-state index contributed by atoms with van der Waals surface area (Å²) < 4.78 is 0. The second kappa shape index (κ2) is 7.20. The first-order valence-corrected chi connectivity index (χ1v) is 6.05. The Morgan fingerprint density at radius 1 is 1.53 bits per heavy atom. The number of pyridine rings is 1. The zero-order valence-corrected chi connectivity index (χ0v) is 11.1. The Morgan fingerprint density at radius 2 is 2.29 bits per heavy atom. The highest BCUT2D eigenvalue weighted by molar-refractivity contribution is 5.09. The largest absolute Gasteiger partial charge is 0.311 e. The lowest BCUT2D eigenvalue weighted by atomic mass is 10.2. The van der Waals surface area contributed by atoms with Gasteiger partial charge in [-0.05, 0) is 24.3 Å². The molecular weight excluding hydrogens is 210 g/mol. The summed E-state index contributed by atoms with van der Waals surface area (Å²) in [7, 11) is 2.10. The van der Waals surface area contributed by atoms with E-state index in [4.69, 9.17) is 0 Å². The minimum Gasteiger partial charge on any atom is -0.311 e. The number of aromatic nitrogens is 1. The van der Waals surface area contributed by atoms with Crippen LogP contribution in [0.1, 0.15) is 19.4 Å². The first-order valence-electron chi connectivity index (χ1n) is 6.05. The van der Waals surface area contributed by atoms with Crippen LogP contribution >= 0.6 is 0 Å². The first-order chi connectivity index (χ1) is 8.08. The summed E-state index contributed by atoms with van der Waals surface area (Å²) in [4.78, 5) is 6.37. The van der Waals surface area contributed by atoms with E-state index in [0.717, 1.165) is 19.6 Å². The SMILES string of the molecule is C=C(CNC(C)C)CN(C)Cc1cccnc1. The number of hydrogen-bond donors (Lipinski definition) is 1. The van der Waals surface area contributed by atoms with Crippen molar-refractivity contribution in [3.63, 3.8) is 0 Å². The molecule has 3 nitrogen and oxygen atoms in total. The predicted molar refractivity (Wildman–Crippen MR) is 72.8 cm³/mol. The fourth-order valence-electron chi connectivity index (χ4n) is 1.65. The third-order valence-electron chi connectivity index (χ3n) is 2.43. The molecule has 0 fully saturated rings. The number of likely N-dealkylation sites (N-methyl/N-ethyl adjacent to an activating group) is 1. The summed E-state index contributed by atoms with van der Waals surface area (Å²) in [6, 6.07) is 4.58. The van der Waals surface area contributed by atoms with Gasteiger partial charge in [-0.25, -0.2) is 0 Å². The van der Waals surface area contributed by atoms with Gasteiger partial charge in [0.15, 0.2) is 0 Å². The van der Waals surface area contributed by atoms with Crippen LogP contribution in [0.2, 0.25) is 0 Å². The van der Waals surface area contributed by atoms with Crippen molar-refractivity contribution in [3.8, 4) is 0 Å². The van der Waals surface area contributed by atoms with Crippen molar-refractivity contribution in [1.82, 2.24) is 15.2 Å². The van der Waals surface area contributed by atoms with Crippen LogP contribution in [-0.4, -0.2) is 36.1 Å². The smallest absolute Gasteiger partial charge is 0.0312 e. The van der Waals surface area contributed by atoms with Crippen molar-refractivity contribution in [2.75, 3.05) is 20.1 Å². The quantitative estimate of drug-likeness (QED) is 0.731. The van der Waals surface area contributed by atoms with Crippen molar-refractivity contribution in [2.24, 2.45) is 0 Å². The standard InChI is InChI=1S/C14H23N3/c1-12(2)16-8-13(3)10-17(4)11-14-6-5-7-15-9-14/h5-7,9,12,16H,3,8,10-11H2,1-2,4H3. The first kappa shape index (κ1) is 13.9. The molecular formula is C14H23N3. The lowest BCUT2D eigenvalue weighted by Crippen LogP contribution is -2.29. The van der Waals surface area contributed by atoms with E-state index >= 15 is 0 Å². The topological polar surface area (TPSA) is 28.2 Å². The lowest BCUT2D eigenvalue weighted by Gasteiger charge is -2.19. The second-order valence-corrected chi connectivity index (χ2v) is 4.82. The maximum atomic E-state index is 4.11. The van der Waals surface area contributed by atoms with Crippen molar-refractivity contribution in [1.29, 1.82) is 0 Å². The zero-order valence-electron chi connectivity index (χ0n) is 11.1. The van der Waals surface area contributed by atoms with Crippen molar-refractivity contribution >= 4 is 0 Å². The molecule has 0 aliphatic heterocycles. The number of rotatable bonds is 7. The summed E-state index contributed by atoms with van der Waals surface area (Å²) in [5.41, 5.74) is 2.45. The predicted octanol–water partition coefficient (Wildman–Crippen LogP) is 2.07. The second-order valence-electron chi connectivity index (χ2n) is 4.82. The molecule has 0 aliphatic rings. The Kier molecular flexibility index (Phi) is 5.87. The van der Waals surface area contributed by atoms with Gasteiger partial charge in [0.2, 0.25) is 0 Å². The fraction of sp³-hybridized carbons (Fsp3) is 0.500. The van der Waals surface area contributed by atoms with Crippen LogP contribution in [0.25, 0.3) is 0 Å². The van der Waals surface area contributed by atoms with Gasteiger partial charge in [0.05, 0.1) is 0 Å². The third-order valence-corrected chi connectivity index (χ3v) is 2.43. The molecule has 0 spiro atoms. The molecule has 1 aromatic heterocycles. The number of nitrogens with zero attached hydrogens (tertiary/aromatic N) is 2. The Bertz CT molecular complexity index is 333. The van der Waals surface area contributed by atoms with Gasteiger partial charge < -0.3 is 5.32 Å². The minimum absolute atomic E-state index is 0.510. The van der Waals surface area contributed by atoms with E-state index in [1.807, 2.05) is 12.3 Å². The van der Waals surface area contributed by atoms with Gasteiger partial charge in [-0.3, -0.25) is 9.88 Å².